The SMILES string of the molecule is COC(=O)N(CC(=O)NC(C)(C)C(=O)O)CC(=O)NC(C)(C)C(=O)O. The number of hydrogen-bond acceptors (Lipinski definition) is 6. The Labute approximate surface area is 144 Å². The highest BCUT2D eigenvalue weighted by molar-refractivity contribution is 5.91. The molecule has 0 aromatic rings. The highest BCUT2D eigenvalue weighted by Gasteiger charge is 2.32. The van der Waals surface area contributed by atoms with Crippen molar-refractivity contribution in [3.8, 4) is 0 Å². The van der Waals surface area contributed by atoms with Crippen LogP contribution < -0.4 is 10.6 Å². The average molecular weight is 361 g/mol. The van der Waals surface area contributed by atoms with Crippen molar-refractivity contribution in [2.24, 2.45) is 0 Å². The summed E-state index contributed by atoms with van der Waals surface area (Å²) in [5.74, 6) is -4.23. The summed E-state index contributed by atoms with van der Waals surface area (Å²) in [7, 11) is 1.04. The van der Waals surface area contributed by atoms with Crippen LogP contribution in [0, 0.1) is 0 Å². The van der Waals surface area contributed by atoms with Crippen molar-refractivity contribution in [3.05, 3.63) is 0 Å². The lowest BCUT2D eigenvalue weighted by atomic mass is 10.1. The maximum absolute atomic E-state index is 11.9. The van der Waals surface area contributed by atoms with Gasteiger partial charge in [-0.05, 0) is 27.7 Å². The van der Waals surface area contributed by atoms with Crippen molar-refractivity contribution in [1.82, 2.24) is 15.5 Å². The Kier molecular flexibility index (Phi) is 7.36. The summed E-state index contributed by atoms with van der Waals surface area (Å²) in [6.07, 6.45) is -1.01. The zero-order chi connectivity index (χ0) is 20.0. The summed E-state index contributed by atoms with van der Waals surface area (Å²) in [5.41, 5.74) is -3.15. The van der Waals surface area contributed by atoms with Crippen LogP contribution in [0.15, 0.2) is 0 Å². The van der Waals surface area contributed by atoms with Crippen molar-refractivity contribution in [3.63, 3.8) is 0 Å². The molecule has 11 heteroatoms. The van der Waals surface area contributed by atoms with Gasteiger partial charge in [0.2, 0.25) is 11.8 Å². The van der Waals surface area contributed by atoms with Crippen LogP contribution in [-0.2, 0) is 23.9 Å². The minimum absolute atomic E-state index is 0.649. The van der Waals surface area contributed by atoms with E-state index in [0.717, 1.165) is 7.11 Å². The van der Waals surface area contributed by atoms with E-state index in [1.807, 2.05) is 0 Å². The molecule has 25 heavy (non-hydrogen) atoms. The Bertz CT molecular complexity index is 528. The molecule has 0 saturated heterocycles. The maximum Gasteiger partial charge on any atom is 0.410 e. The van der Waals surface area contributed by atoms with E-state index in [1.165, 1.54) is 27.7 Å². The monoisotopic (exact) mass is 361 g/mol. The van der Waals surface area contributed by atoms with E-state index in [4.69, 9.17) is 10.2 Å². The Balaban J connectivity index is 5.01. The molecule has 0 aromatic heterocycles. The zero-order valence-electron chi connectivity index (χ0n) is 14.7. The van der Waals surface area contributed by atoms with Crippen LogP contribution in [0.1, 0.15) is 27.7 Å². The Morgan fingerprint density at radius 3 is 1.40 bits per heavy atom. The van der Waals surface area contributed by atoms with Gasteiger partial charge in [0.15, 0.2) is 0 Å². The van der Waals surface area contributed by atoms with E-state index in [-0.39, 0.29) is 0 Å². The number of nitrogens with zero attached hydrogens (tertiary/aromatic N) is 1. The molecule has 0 radical (unpaired) electrons. The fourth-order valence-electron chi connectivity index (χ4n) is 1.54. The molecule has 0 bridgehead atoms. The highest BCUT2D eigenvalue weighted by Crippen LogP contribution is 2.04. The van der Waals surface area contributed by atoms with Crippen molar-refractivity contribution in [1.29, 1.82) is 0 Å². The molecule has 0 spiro atoms. The number of ether oxygens (including phenoxy) is 1. The maximum atomic E-state index is 11.9. The number of hydrogen-bond donors (Lipinski definition) is 4. The first kappa shape index (κ1) is 22.1. The Morgan fingerprint density at radius 1 is 0.840 bits per heavy atom. The minimum atomic E-state index is -1.58. The smallest absolute Gasteiger partial charge is 0.410 e. The van der Waals surface area contributed by atoms with Crippen LogP contribution in [0.2, 0.25) is 0 Å². The van der Waals surface area contributed by atoms with Crippen LogP contribution in [-0.4, -0.2) is 76.2 Å². The predicted octanol–water partition coefficient (Wildman–Crippen LogP) is -0.986. The lowest BCUT2D eigenvalue weighted by Crippen LogP contribution is -2.56. The van der Waals surface area contributed by atoms with Crippen molar-refractivity contribution in [2.75, 3.05) is 20.2 Å². The molecule has 0 saturated carbocycles. The Morgan fingerprint density at radius 2 is 1.16 bits per heavy atom. The number of amides is 3. The van der Waals surface area contributed by atoms with E-state index >= 15 is 0 Å². The van der Waals surface area contributed by atoms with E-state index in [1.54, 1.807) is 0 Å². The van der Waals surface area contributed by atoms with Crippen molar-refractivity contribution in [2.45, 2.75) is 38.8 Å². The number of nitrogens with one attached hydrogen (secondary N) is 2. The van der Waals surface area contributed by atoms with Gasteiger partial charge >= 0.3 is 18.0 Å². The van der Waals surface area contributed by atoms with Gasteiger partial charge in [0, 0.05) is 0 Å². The summed E-state index contributed by atoms with van der Waals surface area (Å²) >= 11 is 0. The van der Waals surface area contributed by atoms with Gasteiger partial charge in [-0.2, -0.15) is 0 Å². The number of rotatable bonds is 8. The number of carbonyl (C=O) groups is 5. The lowest BCUT2D eigenvalue weighted by Gasteiger charge is -2.26. The molecule has 0 fully saturated rings. The van der Waals surface area contributed by atoms with Crippen LogP contribution in [0.25, 0.3) is 0 Å². The average Bonchev–Trinajstić information content (AvgIpc) is 2.43. The van der Waals surface area contributed by atoms with Crippen LogP contribution in [0.5, 0.6) is 0 Å². The second-order valence-corrected chi connectivity index (χ2v) is 6.28. The van der Waals surface area contributed by atoms with E-state index in [0.29, 0.717) is 4.90 Å². The first-order chi connectivity index (χ1) is 11.2. The number of methoxy groups -OCH3 is 1. The fourth-order valence-corrected chi connectivity index (χ4v) is 1.54. The highest BCUT2D eigenvalue weighted by atomic mass is 16.5. The molecule has 0 unspecified atom stereocenters. The summed E-state index contributed by atoms with van der Waals surface area (Å²) in [4.78, 5) is 58.2. The first-order valence-corrected chi connectivity index (χ1v) is 7.14. The Hall–Kier alpha value is -2.85. The topological polar surface area (TPSA) is 162 Å². The molecule has 11 nitrogen and oxygen atoms in total. The van der Waals surface area contributed by atoms with Gasteiger partial charge < -0.3 is 25.6 Å². The molecular weight excluding hydrogens is 338 g/mol. The van der Waals surface area contributed by atoms with Crippen LogP contribution in [0.4, 0.5) is 4.79 Å². The standard InChI is InChI=1S/C14H23N3O8/c1-13(2,10(20)21)15-8(18)6-17(12(24)25-5)7-9(19)16-14(3,4)11(22)23/h6-7H2,1-5H3,(H,15,18)(H,16,19)(H,20,21)(H,22,23). The molecule has 0 aliphatic carbocycles. The third-order valence-corrected chi connectivity index (χ3v) is 3.07. The van der Waals surface area contributed by atoms with Crippen molar-refractivity contribution < 1.29 is 38.9 Å². The number of aliphatic carboxylic acids is 2. The molecule has 142 valence electrons. The molecule has 3 amide bonds. The second kappa shape index (κ2) is 8.31. The third-order valence-electron chi connectivity index (χ3n) is 3.07. The molecule has 0 aliphatic heterocycles. The molecule has 0 aliphatic rings. The van der Waals surface area contributed by atoms with Gasteiger partial charge in [-0.25, -0.2) is 14.4 Å². The zero-order valence-corrected chi connectivity index (χ0v) is 14.7. The third kappa shape index (κ3) is 7.06. The van der Waals surface area contributed by atoms with Gasteiger partial charge in [0.25, 0.3) is 0 Å². The van der Waals surface area contributed by atoms with E-state index < -0.39 is 54.0 Å². The van der Waals surface area contributed by atoms with E-state index in [2.05, 4.69) is 15.4 Å². The fraction of sp³-hybridized carbons (Fsp3) is 0.643. The molecule has 0 rings (SSSR count). The lowest BCUT2D eigenvalue weighted by molar-refractivity contribution is -0.146. The van der Waals surface area contributed by atoms with Crippen LogP contribution >= 0.6 is 0 Å². The summed E-state index contributed by atoms with van der Waals surface area (Å²) in [5, 5.41) is 22.3. The van der Waals surface area contributed by atoms with Gasteiger partial charge in [0.05, 0.1) is 7.11 Å². The molecular formula is C14H23N3O8. The minimum Gasteiger partial charge on any atom is -0.480 e. The quantitative estimate of drug-likeness (QED) is 0.428. The number of carboxylic acid groups (broad SMARTS) is 2. The van der Waals surface area contributed by atoms with Crippen molar-refractivity contribution >= 4 is 29.8 Å². The van der Waals surface area contributed by atoms with Crippen LogP contribution in [0.3, 0.4) is 0 Å². The van der Waals surface area contributed by atoms with Gasteiger partial charge in [0.1, 0.15) is 24.2 Å². The number of carbonyl (C=O) groups excluding carboxylic acids is 3. The van der Waals surface area contributed by atoms with E-state index in [9.17, 15) is 24.0 Å². The molecule has 0 aromatic carbocycles. The molecule has 4 N–H and O–H groups in total. The molecule has 0 atom stereocenters. The molecule has 0 heterocycles. The first-order valence-electron chi connectivity index (χ1n) is 7.14. The number of carboxylic acids is 2. The normalized spacial score (nSPS) is 11.2. The predicted molar refractivity (Wildman–Crippen MR) is 83.7 cm³/mol. The largest absolute Gasteiger partial charge is 0.480 e. The summed E-state index contributed by atoms with van der Waals surface area (Å²) < 4.78 is 4.46. The van der Waals surface area contributed by atoms with Gasteiger partial charge in [-0.1, -0.05) is 0 Å². The summed E-state index contributed by atoms with van der Waals surface area (Å²) in [6, 6.07) is 0. The van der Waals surface area contributed by atoms with Gasteiger partial charge in [-0.15, -0.1) is 0 Å². The van der Waals surface area contributed by atoms with Gasteiger partial charge in [-0.3, -0.25) is 14.5 Å². The summed E-state index contributed by atoms with van der Waals surface area (Å²) in [6.45, 7) is 3.69. The second-order valence-electron chi connectivity index (χ2n) is 6.28.